The molecule has 128 valence electrons. The fourth-order valence-electron chi connectivity index (χ4n) is 2.85. The van der Waals surface area contributed by atoms with Crippen LogP contribution in [0.1, 0.15) is 31.2 Å². The minimum atomic E-state index is 0.571. The van der Waals surface area contributed by atoms with E-state index in [0.29, 0.717) is 12.5 Å². The Morgan fingerprint density at radius 3 is 2.54 bits per heavy atom. The number of halogens is 1. The molecule has 1 aromatic carbocycles. The van der Waals surface area contributed by atoms with Crippen molar-refractivity contribution >= 4 is 33.5 Å². The van der Waals surface area contributed by atoms with Gasteiger partial charge in [-0.05, 0) is 59.7 Å². The van der Waals surface area contributed by atoms with Crippen molar-refractivity contribution in [2.45, 2.75) is 32.3 Å². The van der Waals surface area contributed by atoms with Gasteiger partial charge in [0, 0.05) is 17.1 Å². The molecule has 1 N–H and O–H groups in total. The van der Waals surface area contributed by atoms with Crippen LogP contribution < -0.4 is 10.1 Å². The van der Waals surface area contributed by atoms with Crippen LogP contribution in [-0.4, -0.2) is 23.5 Å². The van der Waals surface area contributed by atoms with E-state index in [1.165, 1.54) is 48.3 Å². The number of nitrogens with zero attached hydrogens (tertiary/aromatic N) is 1. The highest BCUT2D eigenvalue weighted by atomic mass is 79.9. The highest BCUT2D eigenvalue weighted by Gasteiger charge is 2.18. The third-order valence-electron chi connectivity index (χ3n) is 4.17. The van der Waals surface area contributed by atoms with Crippen LogP contribution in [0.25, 0.3) is 11.1 Å². The van der Waals surface area contributed by atoms with Crippen molar-refractivity contribution < 1.29 is 4.74 Å². The molecule has 0 unspecified atom stereocenters. The average molecular weight is 407 g/mol. The van der Waals surface area contributed by atoms with E-state index in [1.54, 1.807) is 0 Å². The predicted molar refractivity (Wildman–Crippen MR) is 107 cm³/mol. The second-order valence-electron chi connectivity index (χ2n) is 5.92. The first-order valence-electron chi connectivity index (χ1n) is 8.46. The zero-order valence-corrected chi connectivity index (χ0v) is 16.4. The lowest BCUT2D eigenvalue weighted by molar-refractivity contribution is 0.290. The molecular formula is C19H23BrN2OS. The summed E-state index contributed by atoms with van der Waals surface area (Å²) in [6, 6.07) is 10.2. The van der Waals surface area contributed by atoms with E-state index in [4.69, 9.17) is 4.74 Å². The van der Waals surface area contributed by atoms with Crippen molar-refractivity contribution in [3.05, 3.63) is 40.4 Å². The first kappa shape index (κ1) is 17.6. The number of nitrogens with one attached hydrogen (secondary N) is 1. The molecule has 2 aliphatic rings. The van der Waals surface area contributed by atoms with Gasteiger partial charge in [0.25, 0.3) is 0 Å². The minimum Gasteiger partial charge on any atom is -0.472 e. The summed E-state index contributed by atoms with van der Waals surface area (Å²) in [5.74, 6) is 4.36. The van der Waals surface area contributed by atoms with Gasteiger partial charge in [-0.1, -0.05) is 34.8 Å². The second kappa shape index (κ2) is 8.77. The largest absolute Gasteiger partial charge is 0.472 e. The molecule has 2 aliphatic heterocycles. The summed E-state index contributed by atoms with van der Waals surface area (Å²) in [5, 5.41) is 3.01. The van der Waals surface area contributed by atoms with Crippen molar-refractivity contribution in [1.82, 2.24) is 4.98 Å². The molecule has 0 spiro atoms. The summed E-state index contributed by atoms with van der Waals surface area (Å²) in [6.07, 6.45) is 5.88. The van der Waals surface area contributed by atoms with Gasteiger partial charge in [0.1, 0.15) is 12.4 Å². The molecular weight excluding hydrogens is 384 g/mol. The molecule has 2 aromatic rings. The Kier molecular flexibility index (Phi) is 6.44. The van der Waals surface area contributed by atoms with Gasteiger partial charge in [0.05, 0.1) is 0 Å². The summed E-state index contributed by atoms with van der Waals surface area (Å²) in [5.41, 5.74) is 3.44. The van der Waals surface area contributed by atoms with E-state index in [0.717, 1.165) is 15.9 Å². The fourth-order valence-corrected chi connectivity index (χ4v) is 4.28. The van der Waals surface area contributed by atoms with Crippen molar-refractivity contribution in [2.75, 3.05) is 23.9 Å². The molecule has 4 rings (SSSR count). The maximum atomic E-state index is 5.68. The van der Waals surface area contributed by atoms with Crippen molar-refractivity contribution in [3.63, 3.8) is 0 Å². The molecule has 0 saturated carbocycles. The third-order valence-corrected chi connectivity index (χ3v) is 5.81. The number of hydrogen-bond donors (Lipinski definition) is 1. The first-order valence-corrected chi connectivity index (χ1v) is 10.4. The van der Waals surface area contributed by atoms with Crippen LogP contribution in [0.4, 0.5) is 5.82 Å². The highest BCUT2D eigenvalue weighted by molar-refractivity contribution is 9.10. The molecule has 5 heteroatoms. The Bertz CT molecular complexity index is 673. The Hall–Kier alpha value is -1.20. The SMILES string of the molecule is C1CCCSCC1.CNc1ccc2c(n1)OCc1cc(Br)ccc1-2. The Balaban J connectivity index is 0.000000203. The van der Waals surface area contributed by atoms with Crippen LogP contribution in [0.5, 0.6) is 5.88 Å². The van der Waals surface area contributed by atoms with Gasteiger partial charge in [0.15, 0.2) is 0 Å². The van der Waals surface area contributed by atoms with Gasteiger partial charge in [-0.3, -0.25) is 0 Å². The predicted octanol–water partition coefficient (Wildman–Crippen LogP) is 5.74. The number of anilines is 1. The van der Waals surface area contributed by atoms with Gasteiger partial charge < -0.3 is 10.1 Å². The molecule has 1 fully saturated rings. The van der Waals surface area contributed by atoms with Gasteiger partial charge in [-0.15, -0.1) is 0 Å². The van der Waals surface area contributed by atoms with E-state index in [2.05, 4.69) is 50.1 Å². The summed E-state index contributed by atoms with van der Waals surface area (Å²) in [6.45, 7) is 0.571. The molecule has 3 nitrogen and oxygen atoms in total. The van der Waals surface area contributed by atoms with Gasteiger partial charge >= 0.3 is 0 Å². The molecule has 0 amide bonds. The molecule has 0 radical (unpaired) electrons. The Morgan fingerprint density at radius 2 is 1.79 bits per heavy atom. The maximum Gasteiger partial charge on any atom is 0.223 e. The monoisotopic (exact) mass is 406 g/mol. The zero-order valence-electron chi connectivity index (χ0n) is 14.0. The number of pyridine rings is 1. The molecule has 0 aliphatic carbocycles. The van der Waals surface area contributed by atoms with Crippen LogP contribution in [-0.2, 0) is 6.61 Å². The van der Waals surface area contributed by atoms with E-state index in [1.807, 2.05) is 25.2 Å². The number of ether oxygens (including phenoxy) is 1. The van der Waals surface area contributed by atoms with Crippen molar-refractivity contribution in [1.29, 1.82) is 0 Å². The second-order valence-corrected chi connectivity index (χ2v) is 8.06. The van der Waals surface area contributed by atoms with Crippen molar-refractivity contribution in [3.8, 4) is 17.0 Å². The third kappa shape index (κ3) is 4.45. The smallest absolute Gasteiger partial charge is 0.223 e. The van der Waals surface area contributed by atoms with Crippen molar-refractivity contribution in [2.24, 2.45) is 0 Å². The first-order chi connectivity index (χ1) is 11.8. The lowest BCUT2D eigenvalue weighted by atomic mass is 9.99. The Labute approximate surface area is 156 Å². The molecule has 3 heterocycles. The number of rotatable bonds is 1. The van der Waals surface area contributed by atoms with Gasteiger partial charge in [0.2, 0.25) is 5.88 Å². The minimum absolute atomic E-state index is 0.571. The fraction of sp³-hybridized carbons (Fsp3) is 0.421. The summed E-state index contributed by atoms with van der Waals surface area (Å²) < 4.78 is 6.75. The van der Waals surface area contributed by atoms with Crippen LogP contribution in [0.3, 0.4) is 0 Å². The van der Waals surface area contributed by atoms with E-state index >= 15 is 0 Å². The topological polar surface area (TPSA) is 34.2 Å². The normalized spacial score (nSPS) is 15.8. The lowest BCUT2D eigenvalue weighted by Gasteiger charge is -2.20. The Morgan fingerprint density at radius 1 is 1.04 bits per heavy atom. The molecule has 0 bridgehead atoms. The maximum absolute atomic E-state index is 5.68. The number of thioether (sulfide) groups is 1. The number of hydrogen-bond acceptors (Lipinski definition) is 4. The van der Waals surface area contributed by atoms with Crippen LogP contribution in [0, 0.1) is 0 Å². The lowest BCUT2D eigenvalue weighted by Crippen LogP contribution is -2.07. The number of fused-ring (bicyclic) bond motifs is 3. The summed E-state index contributed by atoms with van der Waals surface area (Å²) >= 11 is 5.59. The highest BCUT2D eigenvalue weighted by Crippen LogP contribution is 2.37. The van der Waals surface area contributed by atoms with E-state index in [9.17, 15) is 0 Å². The average Bonchev–Trinajstić information content (AvgIpc) is 2.94. The quantitative estimate of drug-likeness (QED) is 0.654. The standard InChI is InChI=1S/C13H11BrN2O.C6H12S/c1-15-12-5-4-11-10-3-2-9(14)6-8(10)7-17-13(11)16-12;1-2-4-6-7-5-3-1/h2-6H,7H2,1H3,(H,15,16);1-6H2. The van der Waals surface area contributed by atoms with Crippen LogP contribution >= 0.6 is 27.7 Å². The van der Waals surface area contributed by atoms with Crippen LogP contribution in [0.15, 0.2) is 34.8 Å². The van der Waals surface area contributed by atoms with E-state index < -0.39 is 0 Å². The van der Waals surface area contributed by atoms with Crippen LogP contribution in [0.2, 0.25) is 0 Å². The zero-order chi connectivity index (χ0) is 16.8. The van der Waals surface area contributed by atoms with E-state index in [-0.39, 0.29) is 0 Å². The van der Waals surface area contributed by atoms with Gasteiger partial charge in [-0.2, -0.15) is 16.7 Å². The molecule has 24 heavy (non-hydrogen) atoms. The molecule has 1 aromatic heterocycles. The summed E-state index contributed by atoms with van der Waals surface area (Å²) in [7, 11) is 1.85. The van der Waals surface area contributed by atoms with Gasteiger partial charge in [-0.25, -0.2) is 0 Å². The molecule has 1 saturated heterocycles. The molecule has 0 atom stereocenters. The number of aromatic nitrogens is 1. The number of benzene rings is 1. The summed E-state index contributed by atoms with van der Waals surface area (Å²) in [4.78, 5) is 4.41.